The predicted molar refractivity (Wildman–Crippen MR) is 67.5 cm³/mol. The monoisotopic (exact) mass is 233 g/mol. The number of phenols is 1. The van der Waals surface area contributed by atoms with Crippen LogP contribution >= 0.6 is 0 Å². The van der Waals surface area contributed by atoms with Crippen LogP contribution in [0, 0.1) is 6.92 Å². The summed E-state index contributed by atoms with van der Waals surface area (Å²) >= 11 is 0. The Balaban J connectivity index is 2.49. The van der Waals surface area contributed by atoms with Gasteiger partial charge in [0, 0.05) is 6.42 Å². The summed E-state index contributed by atoms with van der Waals surface area (Å²) in [5.74, 6) is 0.0810. The van der Waals surface area contributed by atoms with Crippen LogP contribution in [0.4, 0.5) is 0 Å². The molecule has 1 aromatic carbocycles. The third-order valence-corrected chi connectivity index (χ3v) is 3.56. The van der Waals surface area contributed by atoms with E-state index >= 15 is 0 Å². The molecule has 1 aromatic rings. The van der Waals surface area contributed by atoms with E-state index in [1.807, 2.05) is 6.92 Å². The molecule has 0 amide bonds. The number of hydrogen-bond acceptors (Lipinski definition) is 3. The number of ketones is 1. The summed E-state index contributed by atoms with van der Waals surface area (Å²) in [7, 11) is 0. The number of rotatable bonds is 3. The average Bonchev–Trinajstić information content (AvgIpc) is 2.29. The number of aromatic hydroxyl groups is 1. The summed E-state index contributed by atoms with van der Waals surface area (Å²) in [6, 6.07) is 1.77. The SMILES string of the molecule is Cc1c2c(cc(O)c1C(=O)CCN)CCCC2. The van der Waals surface area contributed by atoms with E-state index < -0.39 is 0 Å². The number of carbonyl (C=O) groups excluding carboxylic acids is 1. The molecular formula is C14H19NO2. The highest BCUT2D eigenvalue weighted by molar-refractivity contribution is 6.00. The van der Waals surface area contributed by atoms with Gasteiger partial charge in [-0.15, -0.1) is 0 Å². The molecule has 0 bridgehead atoms. The maximum atomic E-state index is 11.9. The van der Waals surface area contributed by atoms with Crippen LogP contribution in [-0.2, 0) is 12.8 Å². The first-order valence-corrected chi connectivity index (χ1v) is 6.22. The summed E-state index contributed by atoms with van der Waals surface area (Å²) in [6.45, 7) is 2.27. The van der Waals surface area contributed by atoms with Crippen molar-refractivity contribution < 1.29 is 9.90 Å². The lowest BCUT2D eigenvalue weighted by atomic mass is 9.85. The first-order chi connectivity index (χ1) is 8.15. The van der Waals surface area contributed by atoms with Crippen LogP contribution in [-0.4, -0.2) is 17.4 Å². The number of hydrogen-bond donors (Lipinski definition) is 2. The first-order valence-electron chi connectivity index (χ1n) is 6.22. The zero-order valence-electron chi connectivity index (χ0n) is 10.3. The van der Waals surface area contributed by atoms with Crippen LogP contribution in [0.2, 0.25) is 0 Å². The molecule has 3 heteroatoms. The van der Waals surface area contributed by atoms with Crippen molar-refractivity contribution in [2.24, 2.45) is 5.73 Å². The Labute approximate surface area is 102 Å². The Kier molecular flexibility index (Phi) is 3.48. The van der Waals surface area contributed by atoms with Gasteiger partial charge >= 0.3 is 0 Å². The van der Waals surface area contributed by atoms with Gasteiger partial charge < -0.3 is 10.8 Å². The molecule has 92 valence electrons. The fourth-order valence-electron chi connectivity index (χ4n) is 2.70. The molecule has 3 nitrogen and oxygen atoms in total. The molecule has 0 aliphatic heterocycles. The van der Waals surface area contributed by atoms with Crippen LogP contribution < -0.4 is 5.73 Å². The van der Waals surface area contributed by atoms with E-state index in [0.29, 0.717) is 18.5 Å². The lowest BCUT2D eigenvalue weighted by Crippen LogP contribution is -2.13. The molecular weight excluding hydrogens is 214 g/mol. The van der Waals surface area contributed by atoms with Crippen LogP contribution in [0.3, 0.4) is 0 Å². The molecule has 0 spiro atoms. The molecule has 0 unspecified atom stereocenters. The molecule has 0 saturated carbocycles. The highest BCUT2D eigenvalue weighted by atomic mass is 16.3. The Hall–Kier alpha value is -1.35. The highest BCUT2D eigenvalue weighted by Gasteiger charge is 2.21. The highest BCUT2D eigenvalue weighted by Crippen LogP contribution is 2.33. The summed E-state index contributed by atoms with van der Waals surface area (Å²) in [5.41, 5.74) is 9.30. The smallest absolute Gasteiger partial charge is 0.168 e. The molecule has 2 rings (SSSR count). The molecule has 0 fully saturated rings. The maximum absolute atomic E-state index is 11.9. The summed E-state index contributed by atoms with van der Waals surface area (Å²) < 4.78 is 0. The lowest BCUT2D eigenvalue weighted by Gasteiger charge is -2.21. The fourth-order valence-corrected chi connectivity index (χ4v) is 2.70. The van der Waals surface area contributed by atoms with Crippen molar-refractivity contribution in [2.45, 2.75) is 39.0 Å². The summed E-state index contributed by atoms with van der Waals surface area (Å²) in [6.07, 6.45) is 4.66. The molecule has 0 saturated heterocycles. The van der Waals surface area contributed by atoms with Crippen molar-refractivity contribution in [2.75, 3.05) is 6.54 Å². The minimum atomic E-state index is -0.0455. The van der Waals surface area contributed by atoms with E-state index in [-0.39, 0.29) is 11.5 Å². The number of aryl methyl sites for hydroxylation is 1. The molecule has 3 N–H and O–H groups in total. The Morgan fingerprint density at radius 2 is 2.12 bits per heavy atom. The van der Waals surface area contributed by atoms with Crippen molar-refractivity contribution >= 4 is 5.78 Å². The number of carbonyl (C=O) groups is 1. The predicted octanol–water partition coefficient (Wildman–Crippen LogP) is 2.11. The molecule has 17 heavy (non-hydrogen) atoms. The van der Waals surface area contributed by atoms with Crippen molar-refractivity contribution in [3.63, 3.8) is 0 Å². The standard InChI is InChI=1S/C14H19NO2/c1-9-11-5-3-2-4-10(11)8-13(17)14(9)12(16)6-7-15/h8,17H,2-7,15H2,1H3. The third-order valence-electron chi connectivity index (χ3n) is 3.56. The van der Waals surface area contributed by atoms with Gasteiger partial charge in [0.25, 0.3) is 0 Å². The van der Waals surface area contributed by atoms with E-state index in [9.17, 15) is 9.90 Å². The number of phenolic OH excluding ortho intramolecular Hbond substituents is 1. The molecule has 0 radical (unpaired) electrons. The quantitative estimate of drug-likeness (QED) is 0.786. The zero-order valence-corrected chi connectivity index (χ0v) is 10.3. The van der Waals surface area contributed by atoms with Gasteiger partial charge in [0.1, 0.15) is 5.75 Å². The average molecular weight is 233 g/mol. The minimum absolute atomic E-state index is 0.0455. The lowest BCUT2D eigenvalue weighted by molar-refractivity contribution is 0.0982. The van der Waals surface area contributed by atoms with Crippen molar-refractivity contribution in [3.05, 3.63) is 28.3 Å². The van der Waals surface area contributed by atoms with E-state index in [1.165, 1.54) is 24.0 Å². The fraction of sp³-hybridized carbons (Fsp3) is 0.500. The summed E-state index contributed by atoms with van der Waals surface area (Å²) in [5, 5.41) is 9.98. The minimum Gasteiger partial charge on any atom is -0.507 e. The van der Waals surface area contributed by atoms with Gasteiger partial charge in [0.2, 0.25) is 0 Å². The van der Waals surface area contributed by atoms with E-state index in [1.54, 1.807) is 6.07 Å². The second-order valence-corrected chi connectivity index (χ2v) is 4.70. The molecule has 0 aromatic heterocycles. The van der Waals surface area contributed by atoms with Crippen molar-refractivity contribution in [1.29, 1.82) is 0 Å². The Morgan fingerprint density at radius 1 is 1.41 bits per heavy atom. The second kappa shape index (κ2) is 4.88. The van der Waals surface area contributed by atoms with Gasteiger partial charge in [-0.25, -0.2) is 0 Å². The molecule has 0 atom stereocenters. The number of fused-ring (bicyclic) bond motifs is 1. The van der Waals surface area contributed by atoms with Crippen LogP contribution in [0.15, 0.2) is 6.07 Å². The van der Waals surface area contributed by atoms with Crippen LogP contribution in [0.1, 0.15) is 46.3 Å². The maximum Gasteiger partial charge on any atom is 0.168 e. The van der Waals surface area contributed by atoms with Gasteiger partial charge in [-0.1, -0.05) is 0 Å². The number of benzene rings is 1. The van der Waals surface area contributed by atoms with E-state index in [4.69, 9.17) is 5.73 Å². The molecule has 0 heterocycles. The molecule has 1 aliphatic rings. The third kappa shape index (κ3) is 2.20. The van der Waals surface area contributed by atoms with E-state index in [2.05, 4.69) is 0 Å². The normalized spacial score (nSPS) is 14.5. The number of Topliss-reactive ketones (excluding diaryl/α,β-unsaturated/α-hetero) is 1. The molecule has 1 aliphatic carbocycles. The van der Waals surface area contributed by atoms with Gasteiger partial charge in [0.15, 0.2) is 5.78 Å². The van der Waals surface area contributed by atoms with Gasteiger partial charge in [0.05, 0.1) is 5.56 Å². The second-order valence-electron chi connectivity index (χ2n) is 4.70. The van der Waals surface area contributed by atoms with Crippen molar-refractivity contribution in [1.82, 2.24) is 0 Å². The van der Waals surface area contributed by atoms with Gasteiger partial charge in [-0.3, -0.25) is 4.79 Å². The zero-order chi connectivity index (χ0) is 12.4. The number of nitrogens with two attached hydrogens (primary N) is 1. The van der Waals surface area contributed by atoms with E-state index in [0.717, 1.165) is 18.4 Å². The Morgan fingerprint density at radius 3 is 2.82 bits per heavy atom. The van der Waals surface area contributed by atoms with Gasteiger partial charge in [-0.05, 0) is 61.9 Å². The summed E-state index contributed by atoms with van der Waals surface area (Å²) in [4.78, 5) is 11.9. The van der Waals surface area contributed by atoms with Crippen LogP contribution in [0.25, 0.3) is 0 Å². The first kappa shape index (κ1) is 12.1. The van der Waals surface area contributed by atoms with Crippen LogP contribution in [0.5, 0.6) is 5.75 Å². The topological polar surface area (TPSA) is 63.3 Å². The Bertz CT molecular complexity index is 452. The van der Waals surface area contributed by atoms with Gasteiger partial charge in [-0.2, -0.15) is 0 Å². The van der Waals surface area contributed by atoms with Crippen molar-refractivity contribution in [3.8, 4) is 5.75 Å². The largest absolute Gasteiger partial charge is 0.507 e.